The fraction of sp³-hybridized carbons (Fsp3) is 0.190. The Morgan fingerprint density at radius 3 is 2.76 bits per heavy atom. The highest BCUT2D eigenvalue weighted by atomic mass is 35.5. The summed E-state index contributed by atoms with van der Waals surface area (Å²) < 4.78 is 0. The van der Waals surface area contributed by atoms with Gasteiger partial charge in [-0.2, -0.15) is 15.1 Å². The zero-order valence-corrected chi connectivity index (χ0v) is 16.5. The SMILES string of the molecule is Nc1nc(N2CCN(Cc3ccccc3Cl)c3ccccc3C2)c2cn[nH]c2n1. The third-order valence-electron chi connectivity index (χ3n) is 5.26. The number of fused-ring (bicyclic) bond motifs is 2. The van der Waals surface area contributed by atoms with Crippen molar-refractivity contribution >= 4 is 40.1 Å². The number of aromatic amines is 1. The number of nitrogen functional groups attached to an aromatic ring is 1. The average molecular weight is 406 g/mol. The maximum absolute atomic E-state index is 6.43. The van der Waals surface area contributed by atoms with Crippen LogP contribution in [0.25, 0.3) is 11.0 Å². The van der Waals surface area contributed by atoms with Gasteiger partial charge in [0.15, 0.2) is 5.65 Å². The van der Waals surface area contributed by atoms with Gasteiger partial charge in [0, 0.05) is 36.9 Å². The molecule has 0 fully saturated rings. The number of rotatable bonds is 3. The largest absolute Gasteiger partial charge is 0.368 e. The summed E-state index contributed by atoms with van der Waals surface area (Å²) in [5.74, 6) is 1.04. The van der Waals surface area contributed by atoms with Crippen molar-refractivity contribution in [3.05, 3.63) is 70.9 Å². The molecule has 3 heterocycles. The molecular formula is C21H20ClN7. The molecule has 0 atom stereocenters. The molecular weight excluding hydrogens is 386 g/mol. The van der Waals surface area contributed by atoms with Gasteiger partial charge in [0.2, 0.25) is 5.95 Å². The predicted octanol–water partition coefficient (Wildman–Crippen LogP) is 3.62. The van der Waals surface area contributed by atoms with Crippen LogP contribution >= 0.6 is 11.6 Å². The number of H-pyrrole nitrogens is 1. The number of anilines is 3. The Bertz CT molecular complexity index is 1170. The number of nitrogens with zero attached hydrogens (tertiary/aromatic N) is 5. The molecule has 0 spiro atoms. The molecule has 0 bridgehead atoms. The summed E-state index contributed by atoms with van der Waals surface area (Å²) in [6.45, 7) is 3.09. The van der Waals surface area contributed by atoms with Crippen LogP contribution in [0.2, 0.25) is 5.02 Å². The molecule has 5 rings (SSSR count). The number of nitrogens with two attached hydrogens (primary N) is 1. The lowest BCUT2D eigenvalue weighted by atomic mass is 10.1. The topological polar surface area (TPSA) is 87.0 Å². The summed E-state index contributed by atoms with van der Waals surface area (Å²) in [5.41, 5.74) is 10.1. The van der Waals surface area contributed by atoms with Crippen LogP contribution in [0.1, 0.15) is 11.1 Å². The number of hydrogen-bond donors (Lipinski definition) is 2. The minimum absolute atomic E-state index is 0.238. The van der Waals surface area contributed by atoms with E-state index in [9.17, 15) is 0 Å². The Kier molecular flexibility index (Phi) is 4.44. The van der Waals surface area contributed by atoms with Crippen molar-refractivity contribution in [2.24, 2.45) is 0 Å². The summed E-state index contributed by atoms with van der Waals surface area (Å²) in [6.07, 6.45) is 1.75. The van der Waals surface area contributed by atoms with Crippen LogP contribution in [0.3, 0.4) is 0 Å². The van der Waals surface area contributed by atoms with E-state index >= 15 is 0 Å². The summed E-state index contributed by atoms with van der Waals surface area (Å²) in [5, 5.41) is 8.66. The van der Waals surface area contributed by atoms with E-state index in [-0.39, 0.29) is 5.95 Å². The molecule has 1 aliphatic heterocycles. The van der Waals surface area contributed by atoms with E-state index in [2.05, 4.69) is 60.3 Å². The van der Waals surface area contributed by atoms with Crippen molar-refractivity contribution in [3.8, 4) is 0 Å². The normalized spacial score (nSPS) is 14.1. The van der Waals surface area contributed by atoms with Gasteiger partial charge in [0.05, 0.1) is 11.6 Å². The molecule has 0 saturated carbocycles. The number of para-hydroxylation sites is 1. The van der Waals surface area contributed by atoms with E-state index in [0.29, 0.717) is 5.65 Å². The highest BCUT2D eigenvalue weighted by Gasteiger charge is 2.23. The first-order valence-electron chi connectivity index (χ1n) is 9.47. The van der Waals surface area contributed by atoms with E-state index in [1.165, 1.54) is 11.3 Å². The summed E-state index contributed by atoms with van der Waals surface area (Å²) in [7, 11) is 0. The highest BCUT2D eigenvalue weighted by Crippen LogP contribution is 2.31. The van der Waals surface area contributed by atoms with Crippen molar-refractivity contribution in [1.29, 1.82) is 0 Å². The Morgan fingerprint density at radius 1 is 1.03 bits per heavy atom. The summed E-state index contributed by atoms with van der Waals surface area (Å²) in [4.78, 5) is 13.4. The maximum atomic E-state index is 6.43. The molecule has 2 aromatic carbocycles. The van der Waals surface area contributed by atoms with Gasteiger partial charge < -0.3 is 15.5 Å². The van der Waals surface area contributed by atoms with Crippen LogP contribution in [0, 0.1) is 0 Å². The van der Waals surface area contributed by atoms with Gasteiger partial charge in [0.1, 0.15) is 5.82 Å². The van der Waals surface area contributed by atoms with Crippen LogP contribution in [0.4, 0.5) is 17.5 Å². The lowest BCUT2D eigenvalue weighted by Gasteiger charge is -2.25. The third-order valence-corrected chi connectivity index (χ3v) is 5.63. The Balaban J connectivity index is 1.52. The lowest BCUT2D eigenvalue weighted by Crippen LogP contribution is -2.32. The van der Waals surface area contributed by atoms with Crippen LogP contribution in [0.15, 0.2) is 54.7 Å². The molecule has 0 unspecified atom stereocenters. The smallest absolute Gasteiger partial charge is 0.224 e. The van der Waals surface area contributed by atoms with Gasteiger partial charge in [0.25, 0.3) is 0 Å². The fourth-order valence-electron chi connectivity index (χ4n) is 3.85. The molecule has 2 aromatic heterocycles. The number of aromatic nitrogens is 4. The Labute approximate surface area is 173 Å². The van der Waals surface area contributed by atoms with E-state index in [4.69, 9.17) is 17.3 Å². The molecule has 0 amide bonds. The molecule has 0 aliphatic carbocycles. The number of nitrogens with one attached hydrogen (secondary N) is 1. The molecule has 7 nitrogen and oxygen atoms in total. The monoisotopic (exact) mass is 405 g/mol. The van der Waals surface area contributed by atoms with Crippen LogP contribution in [-0.2, 0) is 13.1 Å². The predicted molar refractivity (Wildman–Crippen MR) is 116 cm³/mol. The first-order valence-corrected chi connectivity index (χ1v) is 9.84. The van der Waals surface area contributed by atoms with Crippen molar-refractivity contribution in [3.63, 3.8) is 0 Å². The molecule has 4 aromatic rings. The number of benzene rings is 2. The van der Waals surface area contributed by atoms with Crippen LogP contribution in [0.5, 0.6) is 0 Å². The lowest BCUT2D eigenvalue weighted by molar-refractivity contribution is 0.752. The fourth-order valence-corrected chi connectivity index (χ4v) is 4.05. The molecule has 3 N–H and O–H groups in total. The van der Waals surface area contributed by atoms with E-state index in [0.717, 1.165) is 48.0 Å². The quantitative estimate of drug-likeness (QED) is 0.541. The van der Waals surface area contributed by atoms with E-state index in [1.807, 2.05) is 18.2 Å². The molecule has 29 heavy (non-hydrogen) atoms. The molecule has 0 saturated heterocycles. The van der Waals surface area contributed by atoms with Gasteiger partial charge in [-0.15, -0.1) is 0 Å². The molecule has 146 valence electrons. The first-order chi connectivity index (χ1) is 14.2. The second-order valence-electron chi connectivity index (χ2n) is 7.10. The standard InChI is InChI=1S/C21H20ClN7/c22-17-7-3-1-5-14(17)12-28-9-10-29(13-15-6-2-4-8-18(15)28)20-16-11-24-27-19(16)25-21(23)26-20/h1-8,11H,9-10,12-13H2,(H3,23,24,25,26,27). The highest BCUT2D eigenvalue weighted by molar-refractivity contribution is 6.31. The van der Waals surface area contributed by atoms with Crippen LogP contribution < -0.4 is 15.5 Å². The molecule has 1 aliphatic rings. The first kappa shape index (κ1) is 17.8. The minimum atomic E-state index is 0.238. The van der Waals surface area contributed by atoms with Crippen molar-refractivity contribution < 1.29 is 0 Å². The van der Waals surface area contributed by atoms with E-state index in [1.54, 1.807) is 6.20 Å². The second kappa shape index (κ2) is 7.25. The zero-order chi connectivity index (χ0) is 19.8. The van der Waals surface area contributed by atoms with Gasteiger partial charge in [-0.05, 0) is 23.3 Å². The van der Waals surface area contributed by atoms with Crippen molar-refractivity contribution in [2.75, 3.05) is 28.6 Å². The van der Waals surface area contributed by atoms with E-state index < -0.39 is 0 Å². The summed E-state index contributed by atoms with van der Waals surface area (Å²) in [6, 6.07) is 16.5. The van der Waals surface area contributed by atoms with Gasteiger partial charge in [-0.25, -0.2) is 0 Å². The maximum Gasteiger partial charge on any atom is 0.224 e. The van der Waals surface area contributed by atoms with Gasteiger partial charge >= 0.3 is 0 Å². The average Bonchev–Trinajstić information content (AvgIpc) is 3.11. The van der Waals surface area contributed by atoms with Crippen molar-refractivity contribution in [1.82, 2.24) is 20.2 Å². The number of hydrogen-bond acceptors (Lipinski definition) is 6. The minimum Gasteiger partial charge on any atom is -0.368 e. The number of halogens is 1. The van der Waals surface area contributed by atoms with Gasteiger partial charge in [-0.1, -0.05) is 48.0 Å². The van der Waals surface area contributed by atoms with Crippen molar-refractivity contribution in [2.45, 2.75) is 13.1 Å². The third kappa shape index (κ3) is 3.34. The zero-order valence-electron chi connectivity index (χ0n) is 15.7. The Morgan fingerprint density at radius 2 is 1.86 bits per heavy atom. The van der Waals surface area contributed by atoms with Gasteiger partial charge in [-0.3, -0.25) is 5.10 Å². The van der Waals surface area contributed by atoms with Crippen LogP contribution in [-0.4, -0.2) is 33.3 Å². The molecule has 8 heteroatoms. The summed E-state index contributed by atoms with van der Waals surface area (Å²) >= 11 is 6.43. The second-order valence-corrected chi connectivity index (χ2v) is 7.51. The Hall–Kier alpha value is -3.32. The molecule has 0 radical (unpaired) electrons.